The first-order chi connectivity index (χ1) is 10.9. The Morgan fingerprint density at radius 1 is 1.32 bits per heavy atom. The summed E-state index contributed by atoms with van der Waals surface area (Å²) in [6.07, 6.45) is 6.77. The monoisotopic (exact) mass is 296 g/mol. The molecule has 0 amide bonds. The summed E-state index contributed by atoms with van der Waals surface area (Å²) in [5, 5.41) is 9.02. The maximum Gasteiger partial charge on any atom is 0.216 e. The van der Waals surface area contributed by atoms with Gasteiger partial charge in [-0.05, 0) is 43.5 Å². The number of hydrogen-bond acceptors (Lipinski definition) is 4. The van der Waals surface area contributed by atoms with Crippen molar-refractivity contribution in [2.75, 3.05) is 19.6 Å². The molecule has 0 aliphatic carbocycles. The number of nitrogens with one attached hydrogen (secondary N) is 1. The van der Waals surface area contributed by atoms with Crippen molar-refractivity contribution >= 4 is 10.9 Å². The number of aromatic nitrogens is 3. The molecule has 1 unspecified atom stereocenters. The van der Waals surface area contributed by atoms with Gasteiger partial charge in [0, 0.05) is 30.1 Å². The normalized spacial score (nSPS) is 19.2. The number of hydrogen-bond donors (Lipinski definition) is 1. The molecule has 0 saturated carbocycles. The summed E-state index contributed by atoms with van der Waals surface area (Å²) in [5.74, 6) is 1.38. The lowest BCUT2D eigenvalue weighted by atomic mass is 9.98. The summed E-state index contributed by atoms with van der Waals surface area (Å²) in [6.45, 7) is 3.42. The van der Waals surface area contributed by atoms with E-state index in [4.69, 9.17) is 4.42 Å². The van der Waals surface area contributed by atoms with Crippen LogP contribution < -0.4 is 0 Å². The van der Waals surface area contributed by atoms with Crippen LogP contribution in [0.5, 0.6) is 0 Å². The van der Waals surface area contributed by atoms with E-state index in [-0.39, 0.29) is 0 Å². The van der Waals surface area contributed by atoms with Gasteiger partial charge in [0.15, 0.2) is 0 Å². The average Bonchev–Trinajstić information content (AvgIpc) is 3.27. The molecular weight excluding hydrogens is 276 g/mol. The Morgan fingerprint density at radius 2 is 2.27 bits per heavy atom. The molecule has 1 saturated heterocycles. The molecule has 3 aromatic rings. The summed E-state index contributed by atoms with van der Waals surface area (Å²) >= 11 is 0. The van der Waals surface area contributed by atoms with E-state index in [2.05, 4.69) is 50.5 Å². The fourth-order valence-electron chi connectivity index (χ4n) is 3.48. The summed E-state index contributed by atoms with van der Waals surface area (Å²) < 4.78 is 5.18. The number of likely N-dealkylation sites (tertiary alicyclic amines) is 1. The molecular formula is C17H20N4O. The third-order valence-corrected chi connectivity index (χ3v) is 4.60. The maximum atomic E-state index is 5.18. The highest BCUT2D eigenvalue weighted by Gasteiger charge is 2.25. The van der Waals surface area contributed by atoms with Gasteiger partial charge in [0.05, 0.1) is 0 Å². The Morgan fingerprint density at radius 3 is 3.18 bits per heavy atom. The van der Waals surface area contributed by atoms with Gasteiger partial charge in [-0.3, -0.25) is 0 Å². The molecule has 4 rings (SSSR count). The quantitative estimate of drug-likeness (QED) is 0.786. The van der Waals surface area contributed by atoms with Crippen molar-refractivity contribution in [1.29, 1.82) is 0 Å². The van der Waals surface area contributed by atoms with Crippen LogP contribution >= 0.6 is 0 Å². The molecule has 0 spiro atoms. The van der Waals surface area contributed by atoms with Crippen LogP contribution in [-0.4, -0.2) is 39.7 Å². The number of para-hydroxylation sites is 1. The van der Waals surface area contributed by atoms with Crippen LogP contribution in [-0.2, 0) is 6.42 Å². The Kier molecular flexibility index (Phi) is 3.64. The Bertz CT molecular complexity index is 734. The Balaban J connectivity index is 1.36. The maximum absolute atomic E-state index is 5.18. The lowest BCUT2D eigenvalue weighted by Gasteiger charge is -2.15. The molecule has 1 N–H and O–H groups in total. The molecule has 1 aliphatic rings. The van der Waals surface area contributed by atoms with E-state index in [1.54, 1.807) is 0 Å². The standard InChI is InChI=1S/C17H20N4O/c1-2-5-16-14(4-1)15(10-18-16)13-7-9-21(11-13)8-3-6-17-20-19-12-22-17/h1-2,4-5,10,12-13,18H,3,6-9,11H2. The minimum Gasteiger partial charge on any atom is -0.428 e. The summed E-state index contributed by atoms with van der Waals surface area (Å²) in [5.41, 5.74) is 2.71. The van der Waals surface area contributed by atoms with E-state index in [1.807, 2.05) is 0 Å². The van der Waals surface area contributed by atoms with Crippen molar-refractivity contribution in [2.45, 2.75) is 25.2 Å². The molecule has 1 aliphatic heterocycles. The smallest absolute Gasteiger partial charge is 0.216 e. The molecule has 0 bridgehead atoms. The van der Waals surface area contributed by atoms with Crippen LogP contribution in [0, 0.1) is 0 Å². The topological polar surface area (TPSA) is 58.0 Å². The van der Waals surface area contributed by atoms with Crippen molar-refractivity contribution in [1.82, 2.24) is 20.1 Å². The van der Waals surface area contributed by atoms with Gasteiger partial charge in [-0.2, -0.15) is 0 Å². The van der Waals surface area contributed by atoms with E-state index in [0.29, 0.717) is 5.92 Å². The second-order valence-electron chi connectivity index (χ2n) is 6.01. The number of aromatic amines is 1. The van der Waals surface area contributed by atoms with Gasteiger partial charge in [0.25, 0.3) is 0 Å². The Hall–Kier alpha value is -2.14. The van der Waals surface area contributed by atoms with Gasteiger partial charge in [-0.1, -0.05) is 18.2 Å². The van der Waals surface area contributed by atoms with Crippen molar-refractivity contribution < 1.29 is 4.42 Å². The highest BCUT2D eigenvalue weighted by molar-refractivity contribution is 5.83. The van der Waals surface area contributed by atoms with Crippen molar-refractivity contribution in [3.63, 3.8) is 0 Å². The second-order valence-corrected chi connectivity index (χ2v) is 6.01. The lowest BCUT2D eigenvalue weighted by Crippen LogP contribution is -2.22. The number of aryl methyl sites for hydroxylation is 1. The molecule has 5 nitrogen and oxygen atoms in total. The molecule has 1 atom stereocenters. The first-order valence-corrected chi connectivity index (χ1v) is 7.93. The van der Waals surface area contributed by atoms with Crippen LogP contribution in [0.1, 0.15) is 30.2 Å². The van der Waals surface area contributed by atoms with E-state index >= 15 is 0 Å². The highest BCUT2D eigenvalue weighted by Crippen LogP contribution is 2.32. The molecule has 5 heteroatoms. The number of benzene rings is 1. The van der Waals surface area contributed by atoms with E-state index < -0.39 is 0 Å². The number of H-pyrrole nitrogens is 1. The molecule has 3 heterocycles. The van der Waals surface area contributed by atoms with Gasteiger partial charge in [-0.15, -0.1) is 10.2 Å². The summed E-state index contributed by atoms with van der Waals surface area (Å²) in [6, 6.07) is 8.58. The Labute approximate surface area is 129 Å². The predicted molar refractivity (Wildman–Crippen MR) is 84.7 cm³/mol. The van der Waals surface area contributed by atoms with Gasteiger partial charge < -0.3 is 14.3 Å². The fourth-order valence-corrected chi connectivity index (χ4v) is 3.48. The van der Waals surface area contributed by atoms with Gasteiger partial charge in [-0.25, -0.2) is 0 Å². The van der Waals surface area contributed by atoms with Crippen molar-refractivity contribution in [2.24, 2.45) is 0 Å². The van der Waals surface area contributed by atoms with Crippen molar-refractivity contribution in [3.05, 3.63) is 48.3 Å². The zero-order chi connectivity index (χ0) is 14.8. The van der Waals surface area contributed by atoms with Crippen molar-refractivity contribution in [3.8, 4) is 0 Å². The van der Waals surface area contributed by atoms with Gasteiger partial charge >= 0.3 is 0 Å². The largest absolute Gasteiger partial charge is 0.428 e. The van der Waals surface area contributed by atoms with E-state index in [0.717, 1.165) is 31.8 Å². The predicted octanol–water partition coefficient (Wildman–Crippen LogP) is 2.97. The van der Waals surface area contributed by atoms with E-state index in [9.17, 15) is 0 Å². The first-order valence-electron chi connectivity index (χ1n) is 7.93. The SMILES string of the molecule is c1ccc2c(C3CCN(CCCc4nnco4)C3)c[nH]c2c1. The third kappa shape index (κ3) is 2.64. The van der Waals surface area contributed by atoms with Gasteiger partial charge in [0.2, 0.25) is 12.3 Å². The average molecular weight is 296 g/mol. The highest BCUT2D eigenvalue weighted by atomic mass is 16.4. The molecule has 0 radical (unpaired) electrons. The number of nitrogens with zero attached hydrogens (tertiary/aromatic N) is 3. The minimum absolute atomic E-state index is 0.638. The van der Waals surface area contributed by atoms with Gasteiger partial charge in [0.1, 0.15) is 0 Å². The van der Waals surface area contributed by atoms with Crippen LogP contribution in [0.2, 0.25) is 0 Å². The van der Waals surface area contributed by atoms with Crippen LogP contribution in [0.4, 0.5) is 0 Å². The first kappa shape index (κ1) is 13.5. The van der Waals surface area contributed by atoms with Crippen LogP contribution in [0.15, 0.2) is 41.3 Å². The molecule has 114 valence electrons. The van der Waals surface area contributed by atoms with Crippen LogP contribution in [0.25, 0.3) is 10.9 Å². The lowest BCUT2D eigenvalue weighted by molar-refractivity contribution is 0.324. The molecule has 22 heavy (non-hydrogen) atoms. The minimum atomic E-state index is 0.638. The summed E-state index contributed by atoms with van der Waals surface area (Å²) in [4.78, 5) is 5.94. The number of rotatable bonds is 5. The van der Waals surface area contributed by atoms with E-state index in [1.165, 1.54) is 35.8 Å². The number of fused-ring (bicyclic) bond motifs is 1. The molecule has 1 fully saturated rings. The zero-order valence-electron chi connectivity index (χ0n) is 12.5. The second kappa shape index (κ2) is 5.93. The van der Waals surface area contributed by atoms with Crippen LogP contribution in [0.3, 0.4) is 0 Å². The zero-order valence-corrected chi connectivity index (χ0v) is 12.5. The third-order valence-electron chi connectivity index (χ3n) is 4.60. The molecule has 2 aromatic heterocycles. The molecule has 1 aromatic carbocycles. The summed E-state index contributed by atoms with van der Waals surface area (Å²) in [7, 11) is 0. The fraction of sp³-hybridized carbons (Fsp3) is 0.412.